The number of thiophene rings is 1. The van der Waals surface area contributed by atoms with E-state index < -0.39 is 11.7 Å². The first-order chi connectivity index (χ1) is 16.9. The van der Waals surface area contributed by atoms with Gasteiger partial charge in [-0.25, -0.2) is 4.39 Å². The van der Waals surface area contributed by atoms with Crippen molar-refractivity contribution in [3.05, 3.63) is 86.9 Å². The van der Waals surface area contributed by atoms with Crippen LogP contribution in [0, 0.1) is 19.7 Å². The summed E-state index contributed by atoms with van der Waals surface area (Å²) in [5.74, 6) is -0.307. The Kier molecular flexibility index (Phi) is 6.60. The van der Waals surface area contributed by atoms with Gasteiger partial charge in [0.25, 0.3) is 5.91 Å². The summed E-state index contributed by atoms with van der Waals surface area (Å²) in [7, 11) is 0. The van der Waals surface area contributed by atoms with E-state index in [0.29, 0.717) is 13.2 Å². The Morgan fingerprint density at radius 1 is 1.14 bits per heavy atom. The van der Waals surface area contributed by atoms with Crippen LogP contribution in [0.5, 0.6) is 5.75 Å². The molecule has 7 heteroatoms. The predicted octanol–water partition coefficient (Wildman–Crippen LogP) is 5.31. The Balaban J connectivity index is 1.36. The van der Waals surface area contributed by atoms with Crippen LogP contribution in [-0.2, 0) is 11.2 Å². The summed E-state index contributed by atoms with van der Waals surface area (Å²) in [5.41, 5.74) is 3.35. The molecule has 0 bridgehead atoms. The number of fused-ring (bicyclic) bond motifs is 1. The predicted molar refractivity (Wildman–Crippen MR) is 134 cm³/mol. The van der Waals surface area contributed by atoms with Crippen molar-refractivity contribution >= 4 is 23.2 Å². The molecule has 1 aromatic heterocycles. The summed E-state index contributed by atoms with van der Waals surface area (Å²) >= 11 is 1.70. The first-order valence-corrected chi connectivity index (χ1v) is 12.9. The van der Waals surface area contributed by atoms with E-state index in [-0.39, 0.29) is 30.1 Å². The van der Waals surface area contributed by atoms with Gasteiger partial charge >= 0.3 is 0 Å². The third-order valence-electron chi connectivity index (χ3n) is 6.80. The molecule has 1 aliphatic carbocycles. The van der Waals surface area contributed by atoms with E-state index >= 15 is 0 Å². The van der Waals surface area contributed by atoms with Crippen molar-refractivity contribution in [3.63, 3.8) is 0 Å². The lowest BCUT2D eigenvalue weighted by molar-refractivity contribution is -0.135. The average molecular weight is 493 g/mol. The number of carbonyl (C=O) groups is 2. The van der Waals surface area contributed by atoms with Crippen molar-refractivity contribution in [1.82, 2.24) is 9.80 Å². The van der Waals surface area contributed by atoms with Gasteiger partial charge in [-0.15, -0.1) is 11.3 Å². The van der Waals surface area contributed by atoms with Crippen LogP contribution < -0.4 is 4.74 Å². The van der Waals surface area contributed by atoms with Crippen LogP contribution in [0.25, 0.3) is 0 Å². The Bertz CT molecular complexity index is 1250. The molecule has 0 N–H and O–H groups in total. The van der Waals surface area contributed by atoms with Gasteiger partial charge in [-0.05, 0) is 73.9 Å². The molecule has 0 saturated heterocycles. The van der Waals surface area contributed by atoms with Crippen molar-refractivity contribution < 1.29 is 18.7 Å². The van der Waals surface area contributed by atoms with Crippen molar-refractivity contribution in [1.29, 1.82) is 0 Å². The van der Waals surface area contributed by atoms with E-state index in [1.807, 2.05) is 30.9 Å². The van der Waals surface area contributed by atoms with Crippen molar-refractivity contribution in [2.24, 2.45) is 0 Å². The van der Waals surface area contributed by atoms with Crippen molar-refractivity contribution in [2.75, 3.05) is 19.7 Å². The molecule has 3 aromatic rings. The minimum absolute atomic E-state index is 0.0145. The van der Waals surface area contributed by atoms with Gasteiger partial charge in [0.15, 0.2) is 0 Å². The summed E-state index contributed by atoms with van der Waals surface area (Å²) in [6.07, 6.45) is 2.45. The van der Waals surface area contributed by atoms with Gasteiger partial charge in [-0.2, -0.15) is 0 Å². The molecule has 5 rings (SSSR count). The average Bonchev–Trinajstić information content (AvgIpc) is 3.57. The third-order valence-corrected chi connectivity index (χ3v) is 7.80. The van der Waals surface area contributed by atoms with Crippen LogP contribution >= 0.6 is 11.3 Å². The first-order valence-electron chi connectivity index (χ1n) is 12.0. The van der Waals surface area contributed by atoms with Gasteiger partial charge in [0.05, 0.1) is 11.6 Å². The topological polar surface area (TPSA) is 49.9 Å². The molecule has 2 amide bonds. The summed E-state index contributed by atoms with van der Waals surface area (Å²) < 4.78 is 20.5. The lowest BCUT2D eigenvalue weighted by atomic mass is 10.00. The maximum atomic E-state index is 14.3. The van der Waals surface area contributed by atoms with Crippen LogP contribution in [0.2, 0.25) is 0 Å². The molecule has 1 fully saturated rings. The molecule has 182 valence electrons. The van der Waals surface area contributed by atoms with Gasteiger partial charge in [-0.3, -0.25) is 9.59 Å². The molecule has 1 aliphatic heterocycles. The zero-order valence-corrected chi connectivity index (χ0v) is 20.8. The highest BCUT2D eigenvalue weighted by molar-refractivity contribution is 7.10. The number of aryl methyl sites for hydroxylation is 2. The molecule has 1 atom stereocenters. The molecule has 5 nitrogen and oxygen atoms in total. The zero-order chi connectivity index (χ0) is 24.5. The van der Waals surface area contributed by atoms with Gasteiger partial charge in [0.1, 0.15) is 24.7 Å². The minimum Gasteiger partial charge on any atom is -0.491 e. The maximum Gasteiger partial charge on any atom is 0.257 e. The molecule has 0 unspecified atom stereocenters. The van der Waals surface area contributed by atoms with Crippen LogP contribution in [0.3, 0.4) is 0 Å². The lowest BCUT2D eigenvalue weighted by Gasteiger charge is -2.37. The van der Waals surface area contributed by atoms with E-state index in [4.69, 9.17) is 4.74 Å². The van der Waals surface area contributed by atoms with Crippen molar-refractivity contribution in [2.45, 2.75) is 45.2 Å². The maximum absolute atomic E-state index is 14.3. The number of ether oxygens (including phenoxy) is 1. The summed E-state index contributed by atoms with van der Waals surface area (Å²) in [4.78, 5) is 31.4. The summed E-state index contributed by atoms with van der Waals surface area (Å²) in [5, 5.41) is 2.06. The molecule has 0 radical (unpaired) electrons. The number of nitrogens with zero attached hydrogens (tertiary/aromatic N) is 2. The largest absolute Gasteiger partial charge is 0.491 e. The molecule has 2 aromatic carbocycles. The van der Waals surface area contributed by atoms with Crippen LogP contribution in [0.1, 0.15) is 50.8 Å². The summed E-state index contributed by atoms with van der Waals surface area (Å²) in [6, 6.07) is 13.9. The fraction of sp³-hybridized carbons (Fsp3) is 0.357. The standard InChI is InChI=1S/C28H29FN2O3S/c1-18-7-10-25(19(2)15-18)34-17-24-22-12-14-35-26(22)11-13-30(24)27(32)16-31(20-8-9-20)28(33)21-5-3-4-6-23(21)29/h3-7,10,12,14-15,20,24H,8-9,11,13,16-17H2,1-2H3/t24-/m1/s1. The number of carbonyl (C=O) groups excluding carboxylic acids is 2. The Morgan fingerprint density at radius 3 is 2.69 bits per heavy atom. The molecule has 0 spiro atoms. The molecule has 2 heterocycles. The lowest BCUT2D eigenvalue weighted by Crippen LogP contribution is -2.48. The Morgan fingerprint density at radius 2 is 1.94 bits per heavy atom. The monoisotopic (exact) mass is 492 g/mol. The number of rotatable bonds is 7. The van der Waals surface area contributed by atoms with Gasteiger partial charge in [0, 0.05) is 17.5 Å². The number of hydrogen-bond acceptors (Lipinski definition) is 4. The highest BCUT2D eigenvalue weighted by Crippen LogP contribution is 2.35. The first kappa shape index (κ1) is 23.5. The van der Waals surface area contributed by atoms with E-state index in [2.05, 4.69) is 17.5 Å². The number of hydrogen-bond donors (Lipinski definition) is 0. The molecule has 1 saturated carbocycles. The third kappa shape index (κ3) is 4.96. The minimum atomic E-state index is -0.559. The fourth-order valence-electron chi connectivity index (χ4n) is 4.78. The molecule has 35 heavy (non-hydrogen) atoms. The fourth-order valence-corrected chi connectivity index (χ4v) is 5.71. The molecular weight excluding hydrogens is 463 g/mol. The van der Waals surface area contributed by atoms with E-state index in [1.54, 1.807) is 28.4 Å². The highest BCUT2D eigenvalue weighted by Gasteiger charge is 2.38. The zero-order valence-electron chi connectivity index (χ0n) is 20.0. The SMILES string of the molecule is Cc1ccc(OC[C@@H]2c3ccsc3CCN2C(=O)CN(C(=O)c2ccccc2F)C2CC2)c(C)c1. The van der Waals surface area contributed by atoms with Gasteiger partial charge in [-0.1, -0.05) is 29.8 Å². The quantitative estimate of drug-likeness (QED) is 0.449. The summed E-state index contributed by atoms with van der Waals surface area (Å²) in [6.45, 7) is 4.91. The second-order valence-corrected chi connectivity index (χ2v) is 10.4. The van der Waals surface area contributed by atoms with E-state index in [9.17, 15) is 14.0 Å². The molecular formula is C28H29FN2O3S. The normalized spacial score (nSPS) is 17.1. The van der Waals surface area contributed by atoms with E-state index in [1.165, 1.54) is 22.6 Å². The second kappa shape index (κ2) is 9.82. The smallest absolute Gasteiger partial charge is 0.257 e. The Hall–Kier alpha value is -3.19. The number of amides is 2. The highest BCUT2D eigenvalue weighted by atomic mass is 32.1. The number of halogens is 1. The van der Waals surface area contributed by atoms with Crippen LogP contribution in [-0.4, -0.2) is 47.4 Å². The number of benzene rings is 2. The Labute approximate surface area is 209 Å². The second-order valence-electron chi connectivity index (χ2n) is 9.38. The van der Waals surface area contributed by atoms with Crippen molar-refractivity contribution in [3.8, 4) is 5.75 Å². The van der Waals surface area contributed by atoms with Gasteiger partial charge in [0.2, 0.25) is 5.91 Å². The van der Waals surface area contributed by atoms with E-state index in [0.717, 1.165) is 36.1 Å². The molecule has 2 aliphatic rings. The van der Waals surface area contributed by atoms with Gasteiger partial charge < -0.3 is 14.5 Å². The van der Waals surface area contributed by atoms with Crippen LogP contribution in [0.15, 0.2) is 53.9 Å². The van der Waals surface area contributed by atoms with Crippen LogP contribution in [0.4, 0.5) is 4.39 Å².